The van der Waals surface area contributed by atoms with Gasteiger partial charge in [0.2, 0.25) is 0 Å². The van der Waals surface area contributed by atoms with E-state index in [1.807, 2.05) is 16.7 Å². The predicted octanol–water partition coefficient (Wildman–Crippen LogP) is 2.32. The molecule has 0 fully saturated rings. The van der Waals surface area contributed by atoms with Crippen molar-refractivity contribution < 1.29 is 0 Å². The lowest BCUT2D eigenvalue weighted by molar-refractivity contribution is 1.16. The summed E-state index contributed by atoms with van der Waals surface area (Å²) in [6.07, 6.45) is 5.40. The molecule has 0 spiro atoms. The first-order valence-electron chi connectivity index (χ1n) is 3.77. The van der Waals surface area contributed by atoms with E-state index in [1.165, 1.54) is 0 Å². The van der Waals surface area contributed by atoms with Crippen molar-refractivity contribution in [3.63, 3.8) is 0 Å². The quantitative estimate of drug-likeness (QED) is 0.828. The van der Waals surface area contributed by atoms with Crippen molar-refractivity contribution in [2.75, 3.05) is 5.73 Å². The molecule has 0 amide bonds. The van der Waals surface area contributed by atoms with E-state index < -0.39 is 0 Å². The number of rotatable bonds is 1. The maximum absolute atomic E-state index is 5.78. The lowest BCUT2D eigenvalue weighted by atomic mass is 10.4. The first kappa shape index (κ1) is 8.31. The van der Waals surface area contributed by atoms with E-state index in [4.69, 9.17) is 5.73 Å². The SMILES string of the molecule is C=Cc1cnc2c(N)cc(Br)cn12. The smallest absolute Gasteiger partial charge is 0.160 e. The zero-order chi connectivity index (χ0) is 9.42. The highest BCUT2D eigenvalue weighted by Crippen LogP contribution is 2.20. The lowest BCUT2D eigenvalue weighted by Gasteiger charge is -2.00. The molecule has 0 saturated carbocycles. The molecule has 0 aromatic carbocycles. The van der Waals surface area contributed by atoms with Crippen molar-refractivity contribution in [1.29, 1.82) is 0 Å². The van der Waals surface area contributed by atoms with E-state index in [0.717, 1.165) is 15.8 Å². The third-order valence-corrected chi connectivity index (χ3v) is 2.27. The molecule has 0 atom stereocenters. The molecule has 0 aliphatic carbocycles. The van der Waals surface area contributed by atoms with E-state index in [9.17, 15) is 0 Å². The predicted molar refractivity (Wildman–Crippen MR) is 57.4 cm³/mol. The maximum Gasteiger partial charge on any atom is 0.160 e. The Morgan fingerprint density at radius 3 is 3.08 bits per heavy atom. The van der Waals surface area contributed by atoms with Crippen LogP contribution in [-0.2, 0) is 0 Å². The molecule has 2 aromatic rings. The van der Waals surface area contributed by atoms with Gasteiger partial charge in [0.05, 0.1) is 17.6 Å². The van der Waals surface area contributed by atoms with E-state index in [2.05, 4.69) is 27.5 Å². The Kier molecular flexibility index (Phi) is 1.84. The van der Waals surface area contributed by atoms with E-state index in [-0.39, 0.29) is 0 Å². The van der Waals surface area contributed by atoms with Gasteiger partial charge in [-0.25, -0.2) is 4.98 Å². The number of imidazole rings is 1. The van der Waals surface area contributed by atoms with Crippen LogP contribution in [0.2, 0.25) is 0 Å². The minimum Gasteiger partial charge on any atom is -0.396 e. The minimum absolute atomic E-state index is 0.655. The number of hydrogen-bond acceptors (Lipinski definition) is 2. The van der Waals surface area contributed by atoms with Crippen LogP contribution in [-0.4, -0.2) is 9.38 Å². The van der Waals surface area contributed by atoms with Gasteiger partial charge in [0.1, 0.15) is 0 Å². The Balaban J connectivity index is 2.89. The number of pyridine rings is 1. The molecule has 2 heterocycles. The highest BCUT2D eigenvalue weighted by atomic mass is 79.9. The Morgan fingerprint density at radius 1 is 1.62 bits per heavy atom. The Morgan fingerprint density at radius 2 is 2.38 bits per heavy atom. The number of fused-ring (bicyclic) bond motifs is 1. The standard InChI is InChI=1S/C9H8BrN3/c1-2-7-4-12-9-8(11)3-6(10)5-13(7)9/h2-5H,1,11H2. The van der Waals surface area contributed by atoms with Crippen LogP contribution in [0.3, 0.4) is 0 Å². The van der Waals surface area contributed by atoms with Crippen LogP contribution in [0.5, 0.6) is 0 Å². The summed E-state index contributed by atoms with van der Waals surface area (Å²) in [5, 5.41) is 0. The molecule has 0 bridgehead atoms. The molecule has 66 valence electrons. The Labute approximate surface area is 84.0 Å². The molecule has 2 N–H and O–H groups in total. The second kappa shape index (κ2) is 2.88. The van der Waals surface area contributed by atoms with E-state index >= 15 is 0 Å². The molecule has 0 saturated heterocycles. The van der Waals surface area contributed by atoms with Gasteiger partial charge in [-0.15, -0.1) is 0 Å². The molecule has 0 aliphatic rings. The van der Waals surface area contributed by atoms with Gasteiger partial charge in [0.15, 0.2) is 5.65 Å². The lowest BCUT2D eigenvalue weighted by Crippen LogP contribution is -1.93. The minimum atomic E-state index is 0.655. The van der Waals surface area contributed by atoms with Crippen molar-refractivity contribution in [1.82, 2.24) is 9.38 Å². The van der Waals surface area contributed by atoms with E-state index in [0.29, 0.717) is 5.69 Å². The highest BCUT2D eigenvalue weighted by Gasteiger charge is 2.03. The van der Waals surface area contributed by atoms with Crippen molar-refractivity contribution in [2.24, 2.45) is 0 Å². The van der Waals surface area contributed by atoms with Crippen molar-refractivity contribution in [2.45, 2.75) is 0 Å². The second-order valence-electron chi connectivity index (χ2n) is 2.69. The third-order valence-electron chi connectivity index (χ3n) is 1.84. The summed E-state index contributed by atoms with van der Waals surface area (Å²) >= 11 is 3.37. The molecular formula is C9H8BrN3. The molecular weight excluding hydrogens is 230 g/mol. The van der Waals surface area contributed by atoms with Gasteiger partial charge in [0.25, 0.3) is 0 Å². The molecule has 0 radical (unpaired) electrons. The van der Waals surface area contributed by atoms with Crippen LogP contribution in [0.25, 0.3) is 11.7 Å². The van der Waals surface area contributed by atoms with Crippen molar-refractivity contribution in [3.8, 4) is 0 Å². The number of nitrogen functional groups attached to an aromatic ring is 1. The fourth-order valence-electron chi connectivity index (χ4n) is 1.25. The summed E-state index contributed by atoms with van der Waals surface area (Å²) in [5.41, 5.74) is 8.13. The Bertz CT molecular complexity index is 473. The Hall–Kier alpha value is -1.29. The number of halogens is 1. The number of aromatic nitrogens is 2. The summed E-state index contributed by atoms with van der Waals surface area (Å²) in [6, 6.07) is 1.83. The van der Waals surface area contributed by atoms with Crippen molar-refractivity contribution >= 4 is 33.3 Å². The molecule has 3 nitrogen and oxygen atoms in total. The maximum atomic E-state index is 5.78. The van der Waals surface area contributed by atoms with Gasteiger partial charge in [-0.3, -0.25) is 4.40 Å². The molecule has 2 rings (SSSR count). The topological polar surface area (TPSA) is 43.3 Å². The molecule has 0 unspecified atom stereocenters. The fourth-order valence-corrected chi connectivity index (χ4v) is 1.70. The first-order chi connectivity index (χ1) is 6.22. The normalized spacial score (nSPS) is 10.5. The third kappa shape index (κ3) is 1.23. The zero-order valence-corrected chi connectivity index (χ0v) is 8.45. The van der Waals surface area contributed by atoms with E-state index in [1.54, 1.807) is 12.3 Å². The van der Waals surface area contributed by atoms with Crippen LogP contribution >= 0.6 is 15.9 Å². The number of anilines is 1. The summed E-state index contributed by atoms with van der Waals surface area (Å²) in [7, 11) is 0. The molecule has 13 heavy (non-hydrogen) atoms. The number of hydrogen-bond donors (Lipinski definition) is 1. The fraction of sp³-hybridized carbons (Fsp3) is 0. The van der Waals surface area contributed by atoms with Gasteiger partial charge >= 0.3 is 0 Å². The number of nitrogens with two attached hydrogens (primary N) is 1. The number of nitrogens with zero attached hydrogens (tertiary/aromatic N) is 2. The first-order valence-corrected chi connectivity index (χ1v) is 4.56. The van der Waals surface area contributed by atoms with Gasteiger partial charge < -0.3 is 5.73 Å². The van der Waals surface area contributed by atoms with Gasteiger partial charge in [-0.05, 0) is 28.1 Å². The summed E-state index contributed by atoms with van der Waals surface area (Å²) < 4.78 is 2.82. The second-order valence-corrected chi connectivity index (χ2v) is 3.61. The molecule has 0 aliphatic heterocycles. The van der Waals surface area contributed by atoms with Gasteiger partial charge in [-0.1, -0.05) is 6.58 Å². The van der Waals surface area contributed by atoms with Crippen LogP contribution in [0.1, 0.15) is 5.69 Å². The molecule has 2 aromatic heterocycles. The average molecular weight is 238 g/mol. The zero-order valence-electron chi connectivity index (χ0n) is 6.87. The van der Waals surface area contributed by atoms with Crippen LogP contribution in [0.15, 0.2) is 29.5 Å². The molecule has 4 heteroatoms. The summed E-state index contributed by atoms with van der Waals surface area (Å²) in [4.78, 5) is 4.18. The monoisotopic (exact) mass is 237 g/mol. The van der Waals surface area contributed by atoms with Gasteiger partial charge in [-0.2, -0.15) is 0 Å². The summed E-state index contributed by atoms with van der Waals surface area (Å²) in [5.74, 6) is 0. The average Bonchev–Trinajstić information content (AvgIpc) is 2.47. The highest BCUT2D eigenvalue weighted by molar-refractivity contribution is 9.10. The van der Waals surface area contributed by atoms with Crippen molar-refractivity contribution in [3.05, 3.63) is 35.2 Å². The van der Waals surface area contributed by atoms with Crippen LogP contribution in [0, 0.1) is 0 Å². The largest absolute Gasteiger partial charge is 0.396 e. The summed E-state index contributed by atoms with van der Waals surface area (Å²) in [6.45, 7) is 3.70. The van der Waals surface area contributed by atoms with Crippen LogP contribution in [0.4, 0.5) is 5.69 Å². The van der Waals surface area contributed by atoms with Crippen LogP contribution < -0.4 is 5.73 Å². The van der Waals surface area contributed by atoms with Gasteiger partial charge in [0, 0.05) is 10.7 Å².